The first kappa shape index (κ1) is 15.0. The quantitative estimate of drug-likeness (QED) is 0.684. The van der Waals surface area contributed by atoms with E-state index in [-0.39, 0.29) is 0 Å². The second-order valence-corrected chi connectivity index (χ2v) is 5.22. The number of esters is 1. The van der Waals surface area contributed by atoms with Crippen LogP contribution in [0.2, 0.25) is 0 Å². The summed E-state index contributed by atoms with van der Waals surface area (Å²) in [6.45, 7) is 4.04. The Morgan fingerprint density at radius 2 is 1.70 bits per heavy atom. The van der Waals surface area contributed by atoms with Gasteiger partial charge in [-0.1, -0.05) is 42.5 Å². The van der Waals surface area contributed by atoms with E-state index in [1.165, 1.54) is 5.56 Å². The summed E-state index contributed by atoms with van der Waals surface area (Å²) in [6.07, 6.45) is 0. The number of hydrogen-bond donors (Lipinski definition) is 0. The van der Waals surface area contributed by atoms with E-state index < -0.39 is 5.97 Å². The van der Waals surface area contributed by atoms with Gasteiger partial charge in [0.1, 0.15) is 0 Å². The van der Waals surface area contributed by atoms with Crippen molar-refractivity contribution >= 4 is 5.97 Å². The van der Waals surface area contributed by atoms with E-state index in [0.717, 1.165) is 16.9 Å². The zero-order valence-corrected chi connectivity index (χ0v) is 13.2. The molecule has 0 bridgehead atoms. The Labute approximate surface area is 135 Å². The number of hydrogen-bond acceptors (Lipinski definition) is 3. The molecule has 0 atom stereocenters. The van der Waals surface area contributed by atoms with Crippen molar-refractivity contribution in [3.05, 3.63) is 72.1 Å². The molecule has 0 aliphatic rings. The largest absolute Gasteiger partial charge is 0.461 e. The third kappa shape index (κ3) is 3.16. The monoisotopic (exact) mass is 306 g/mol. The van der Waals surface area contributed by atoms with E-state index >= 15 is 0 Å². The molecule has 0 saturated heterocycles. The average molecular weight is 306 g/mol. The van der Waals surface area contributed by atoms with Gasteiger partial charge in [0.05, 0.1) is 12.3 Å². The lowest BCUT2D eigenvalue weighted by Crippen LogP contribution is -2.06. The molecule has 1 aromatic heterocycles. The van der Waals surface area contributed by atoms with Crippen LogP contribution in [0.5, 0.6) is 0 Å². The molecule has 0 spiro atoms. The van der Waals surface area contributed by atoms with Gasteiger partial charge in [-0.2, -0.15) is 5.10 Å². The lowest BCUT2D eigenvalue weighted by molar-refractivity contribution is 0.0519. The number of rotatable bonds is 4. The Morgan fingerprint density at radius 1 is 1.04 bits per heavy atom. The zero-order chi connectivity index (χ0) is 16.2. The van der Waals surface area contributed by atoms with Crippen molar-refractivity contribution in [1.29, 1.82) is 0 Å². The highest BCUT2D eigenvalue weighted by Gasteiger charge is 2.14. The Kier molecular flexibility index (Phi) is 4.24. The van der Waals surface area contributed by atoms with Crippen LogP contribution < -0.4 is 0 Å². The fourth-order valence-electron chi connectivity index (χ4n) is 2.47. The van der Waals surface area contributed by atoms with Crippen LogP contribution in [0, 0.1) is 6.92 Å². The molecule has 4 heteroatoms. The van der Waals surface area contributed by atoms with Crippen LogP contribution in [0.4, 0.5) is 0 Å². The van der Waals surface area contributed by atoms with Crippen LogP contribution in [0.15, 0.2) is 60.7 Å². The van der Waals surface area contributed by atoms with Crippen LogP contribution in [0.1, 0.15) is 23.1 Å². The Bertz CT molecular complexity index is 805. The molecular formula is C19H18N2O2. The van der Waals surface area contributed by atoms with E-state index in [9.17, 15) is 4.79 Å². The third-order valence-corrected chi connectivity index (χ3v) is 3.59. The van der Waals surface area contributed by atoms with Gasteiger partial charge in [-0.3, -0.25) is 0 Å². The van der Waals surface area contributed by atoms with Crippen molar-refractivity contribution in [3.8, 4) is 16.8 Å². The number of carbonyl (C=O) groups is 1. The fraction of sp³-hybridized carbons (Fsp3) is 0.158. The standard InChI is InChI=1S/C19H18N2O2/c1-3-23-19(22)18-13-14(2)21(20-18)17-11-9-16(10-12-17)15-7-5-4-6-8-15/h4-13H,3H2,1-2H3. The van der Waals surface area contributed by atoms with Gasteiger partial charge >= 0.3 is 5.97 Å². The minimum atomic E-state index is -0.393. The van der Waals surface area contributed by atoms with Gasteiger partial charge in [0.25, 0.3) is 0 Å². The maximum atomic E-state index is 11.8. The fourth-order valence-corrected chi connectivity index (χ4v) is 2.47. The number of benzene rings is 2. The van der Waals surface area contributed by atoms with E-state index in [4.69, 9.17) is 4.74 Å². The maximum Gasteiger partial charge on any atom is 0.358 e. The van der Waals surface area contributed by atoms with Crippen LogP contribution in [0.25, 0.3) is 16.8 Å². The zero-order valence-electron chi connectivity index (χ0n) is 13.2. The molecule has 116 valence electrons. The van der Waals surface area contributed by atoms with Gasteiger partial charge in [0, 0.05) is 5.69 Å². The predicted molar refractivity (Wildman–Crippen MR) is 89.7 cm³/mol. The molecule has 23 heavy (non-hydrogen) atoms. The molecule has 1 heterocycles. The highest BCUT2D eigenvalue weighted by molar-refractivity contribution is 5.87. The number of aryl methyl sites for hydroxylation is 1. The summed E-state index contributed by atoms with van der Waals surface area (Å²) in [5, 5.41) is 4.34. The lowest BCUT2D eigenvalue weighted by Gasteiger charge is -2.06. The van der Waals surface area contributed by atoms with Gasteiger partial charge in [0.15, 0.2) is 5.69 Å². The second kappa shape index (κ2) is 6.48. The molecule has 0 N–H and O–H groups in total. The first-order valence-electron chi connectivity index (χ1n) is 7.58. The van der Waals surface area contributed by atoms with Crippen molar-refractivity contribution < 1.29 is 9.53 Å². The van der Waals surface area contributed by atoms with E-state index in [1.54, 1.807) is 17.7 Å². The molecular weight excluding hydrogens is 288 g/mol. The molecule has 0 fully saturated rings. The van der Waals surface area contributed by atoms with Crippen molar-refractivity contribution in [2.45, 2.75) is 13.8 Å². The van der Waals surface area contributed by atoms with Crippen molar-refractivity contribution in [3.63, 3.8) is 0 Å². The number of carbonyl (C=O) groups excluding carboxylic acids is 1. The second-order valence-electron chi connectivity index (χ2n) is 5.22. The van der Waals surface area contributed by atoms with E-state index in [1.807, 2.05) is 37.3 Å². The Hall–Kier alpha value is -2.88. The number of aromatic nitrogens is 2. The van der Waals surface area contributed by atoms with Crippen LogP contribution in [-0.4, -0.2) is 22.4 Å². The summed E-state index contributed by atoms with van der Waals surface area (Å²) < 4.78 is 6.75. The Balaban J connectivity index is 1.89. The van der Waals surface area contributed by atoms with Gasteiger partial charge in [0.2, 0.25) is 0 Å². The van der Waals surface area contributed by atoms with E-state index in [0.29, 0.717) is 12.3 Å². The first-order valence-corrected chi connectivity index (χ1v) is 7.58. The topological polar surface area (TPSA) is 44.1 Å². The molecule has 0 saturated carbocycles. The first-order chi connectivity index (χ1) is 11.2. The minimum Gasteiger partial charge on any atom is -0.461 e. The maximum absolute atomic E-state index is 11.8. The molecule has 3 aromatic rings. The minimum absolute atomic E-state index is 0.330. The molecule has 0 amide bonds. The predicted octanol–water partition coefficient (Wildman–Crippen LogP) is 4.02. The molecule has 2 aromatic carbocycles. The smallest absolute Gasteiger partial charge is 0.358 e. The van der Waals surface area contributed by atoms with E-state index in [2.05, 4.69) is 29.4 Å². The third-order valence-electron chi connectivity index (χ3n) is 3.59. The van der Waals surface area contributed by atoms with Gasteiger partial charge < -0.3 is 4.74 Å². The summed E-state index contributed by atoms with van der Waals surface area (Å²) in [6, 6.07) is 20.0. The average Bonchev–Trinajstić information content (AvgIpc) is 2.98. The summed E-state index contributed by atoms with van der Waals surface area (Å²) in [4.78, 5) is 11.8. The molecule has 3 rings (SSSR count). The molecule has 0 radical (unpaired) electrons. The van der Waals surface area contributed by atoms with Crippen LogP contribution >= 0.6 is 0 Å². The van der Waals surface area contributed by atoms with Crippen LogP contribution in [-0.2, 0) is 4.74 Å². The number of nitrogens with zero attached hydrogens (tertiary/aromatic N) is 2. The van der Waals surface area contributed by atoms with Gasteiger partial charge in [-0.25, -0.2) is 9.48 Å². The molecule has 0 unspecified atom stereocenters. The van der Waals surface area contributed by atoms with Gasteiger partial charge in [-0.05, 0) is 43.2 Å². The summed E-state index contributed by atoms with van der Waals surface area (Å²) >= 11 is 0. The molecule has 4 nitrogen and oxygen atoms in total. The highest BCUT2D eigenvalue weighted by atomic mass is 16.5. The van der Waals surface area contributed by atoms with Crippen molar-refractivity contribution in [2.75, 3.05) is 6.61 Å². The van der Waals surface area contributed by atoms with Crippen molar-refractivity contribution in [2.24, 2.45) is 0 Å². The van der Waals surface area contributed by atoms with Gasteiger partial charge in [-0.15, -0.1) is 0 Å². The SMILES string of the molecule is CCOC(=O)c1cc(C)n(-c2ccc(-c3ccccc3)cc2)n1. The number of ether oxygens (including phenoxy) is 1. The van der Waals surface area contributed by atoms with Crippen LogP contribution in [0.3, 0.4) is 0 Å². The summed E-state index contributed by atoms with van der Waals surface area (Å²) in [5.41, 5.74) is 4.45. The highest BCUT2D eigenvalue weighted by Crippen LogP contribution is 2.21. The molecule has 0 aliphatic heterocycles. The van der Waals surface area contributed by atoms with Crippen molar-refractivity contribution in [1.82, 2.24) is 9.78 Å². The normalized spacial score (nSPS) is 10.5. The summed E-state index contributed by atoms with van der Waals surface area (Å²) in [5.74, 6) is -0.393. The Morgan fingerprint density at radius 3 is 2.35 bits per heavy atom. The summed E-state index contributed by atoms with van der Waals surface area (Å²) in [7, 11) is 0. The lowest BCUT2D eigenvalue weighted by atomic mass is 10.1. The molecule has 0 aliphatic carbocycles.